The van der Waals surface area contributed by atoms with Crippen molar-refractivity contribution < 1.29 is 25.5 Å². The summed E-state index contributed by atoms with van der Waals surface area (Å²) in [5.74, 6) is 0. The van der Waals surface area contributed by atoms with Crippen LogP contribution in [0.25, 0.3) is 0 Å². The first-order chi connectivity index (χ1) is 2.56. The molecule has 45 valence electrons. The number of aliphatic hydroxyl groups excluding tert-OH is 1. The molecule has 0 atom stereocenters. The van der Waals surface area contributed by atoms with E-state index in [0.29, 0.717) is 0 Å². The van der Waals surface area contributed by atoms with Crippen LogP contribution in [0.1, 0.15) is 20.8 Å². The Morgan fingerprint density at radius 3 is 1.43 bits per heavy atom. The van der Waals surface area contributed by atoms with Gasteiger partial charge in [-0.05, 0) is 5.41 Å². The molecule has 0 heterocycles. The molecule has 0 aromatic carbocycles. The third-order valence-electron chi connectivity index (χ3n) is 0.474. The van der Waals surface area contributed by atoms with Crippen LogP contribution in [-0.4, -0.2) is 11.7 Å². The van der Waals surface area contributed by atoms with E-state index in [1.54, 1.807) is 0 Å². The number of hydrogen-bond acceptors (Lipinski definition) is 1. The Morgan fingerprint density at radius 1 is 1.29 bits per heavy atom. The summed E-state index contributed by atoms with van der Waals surface area (Å²) < 4.78 is 0. The Labute approximate surface area is 58.8 Å². The van der Waals surface area contributed by atoms with E-state index in [2.05, 4.69) is 0 Å². The normalized spacial score (nSPS) is 10.3. The van der Waals surface area contributed by atoms with Gasteiger partial charge in [0.25, 0.3) is 0 Å². The van der Waals surface area contributed by atoms with Crippen molar-refractivity contribution in [2.75, 3.05) is 6.61 Å². The van der Waals surface area contributed by atoms with Gasteiger partial charge in [-0.2, -0.15) is 0 Å². The molecule has 0 rings (SSSR count). The first-order valence-corrected chi connectivity index (χ1v) is 2.17. The van der Waals surface area contributed by atoms with Crippen LogP contribution in [0.2, 0.25) is 0 Å². The molecule has 2 heteroatoms. The molecular formula is C5H12ORe. The number of hydrogen-bond donors (Lipinski definition) is 1. The predicted molar refractivity (Wildman–Crippen MR) is 26.5 cm³/mol. The molecule has 0 aliphatic heterocycles. The molecular weight excluding hydrogens is 262 g/mol. The van der Waals surface area contributed by atoms with Crippen molar-refractivity contribution in [3.63, 3.8) is 0 Å². The van der Waals surface area contributed by atoms with Crippen LogP contribution in [0.3, 0.4) is 0 Å². The summed E-state index contributed by atoms with van der Waals surface area (Å²) in [7, 11) is 0. The summed E-state index contributed by atoms with van der Waals surface area (Å²) in [6, 6.07) is 0. The zero-order chi connectivity index (χ0) is 5.21. The van der Waals surface area contributed by atoms with E-state index in [4.69, 9.17) is 5.11 Å². The Bertz CT molecular complexity index is 37.8. The summed E-state index contributed by atoms with van der Waals surface area (Å²) in [5.41, 5.74) is 0.0972. The maximum atomic E-state index is 8.40. The summed E-state index contributed by atoms with van der Waals surface area (Å²) in [4.78, 5) is 0. The molecule has 0 spiro atoms. The van der Waals surface area contributed by atoms with Crippen LogP contribution in [0, 0.1) is 5.41 Å². The molecule has 0 aliphatic carbocycles. The molecule has 0 saturated carbocycles. The van der Waals surface area contributed by atoms with Crippen molar-refractivity contribution in [1.29, 1.82) is 0 Å². The molecule has 0 saturated heterocycles. The number of aliphatic hydroxyl groups is 1. The van der Waals surface area contributed by atoms with Gasteiger partial charge in [-0.1, -0.05) is 20.8 Å². The molecule has 0 aliphatic rings. The first-order valence-electron chi connectivity index (χ1n) is 2.17. The van der Waals surface area contributed by atoms with E-state index >= 15 is 0 Å². The zero-order valence-electron chi connectivity index (χ0n) is 5.03. The molecule has 1 radical (unpaired) electrons. The summed E-state index contributed by atoms with van der Waals surface area (Å²) in [6.07, 6.45) is 0. The van der Waals surface area contributed by atoms with Gasteiger partial charge in [0.05, 0.1) is 0 Å². The minimum absolute atomic E-state index is 0. The van der Waals surface area contributed by atoms with Crippen LogP contribution in [-0.2, 0) is 20.4 Å². The monoisotopic (exact) mass is 275 g/mol. The van der Waals surface area contributed by atoms with Crippen molar-refractivity contribution >= 4 is 0 Å². The minimum atomic E-state index is 0. The Balaban J connectivity index is 0. The fourth-order valence-corrected chi connectivity index (χ4v) is 0. The molecule has 0 amide bonds. The van der Waals surface area contributed by atoms with E-state index in [1.165, 1.54) is 0 Å². The van der Waals surface area contributed by atoms with E-state index in [1.807, 2.05) is 20.8 Å². The summed E-state index contributed by atoms with van der Waals surface area (Å²) in [6.45, 7) is 6.25. The van der Waals surface area contributed by atoms with Gasteiger partial charge >= 0.3 is 0 Å². The first kappa shape index (κ1) is 10.6. The minimum Gasteiger partial charge on any atom is -0.396 e. The third kappa shape index (κ3) is 10.8. The summed E-state index contributed by atoms with van der Waals surface area (Å²) in [5, 5.41) is 8.40. The zero-order valence-corrected chi connectivity index (χ0v) is 7.75. The fraction of sp³-hybridized carbons (Fsp3) is 1.00. The van der Waals surface area contributed by atoms with Crippen LogP contribution < -0.4 is 0 Å². The number of rotatable bonds is 0. The predicted octanol–water partition coefficient (Wildman–Crippen LogP) is 1.02. The van der Waals surface area contributed by atoms with E-state index in [-0.39, 0.29) is 32.4 Å². The van der Waals surface area contributed by atoms with E-state index in [9.17, 15) is 0 Å². The Kier molecular flexibility index (Phi) is 5.44. The van der Waals surface area contributed by atoms with E-state index in [0.717, 1.165) is 0 Å². The van der Waals surface area contributed by atoms with Gasteiger partial charge in [0, 0.05) is 27.0 Å². The largest absolute Gasteiger partial charge is 0.396 e. The fourth-order valence-electron chi connectivity index (χ4n) is 0. The van der Waals surface area contributed by atoms with Gasteiger partial charge in [0.15, 0.2) is 0 Å². The molecule has 1 N–H and O–H groups in total. The maximum Gasteiger partial charge on any atom is 0.0479 e. The average Bonchev–Trinajstić information content (AvgIpc) is 1.35. The molecule has 0 aromatic rings. The molecule has 0 bridgehead atoms. The van der Waals surface area contributed by atoms with Crippen molar-refractivity contribution in [2.45, 2.75) is 20.8 Å². The Morgan fingerprint density at radius 2 is 1.43 bits per heavy atom. The Hall–Kier alpha value is 0.622. The van der Waals surface area contributed by atoms with Crippen LogP contribution in [0.4, 0.5) is 0 Å². The average molecular weight is 274 g/mol. The third-order valence-corrected chi connectivity index (χ3v) is 0.474. The van der Waals surface area contributed by atoms with Gasteiger partial charge in [0.1, 0.15) is 0 Å². The topological polar surface area (TPSA) is 20.2 Å². The van der Waals surface area contributed by atoms with Gasteiger partial charge in [0.2, 0.25) is 0 Å². The van der Waals surface area contributed by atoms with Crippen LogP contribution in [0.5, 0.6) is 0 Å². The SMILES string of the molecule is CC(C)(C)CO.[Re]. The van der Waals surface area contributed by atoms with E-state index < -0.39 is 0 Å². The standard InChI is InChI=1S/C5H12O.Re/c1-5(2,3)4-6;/h6H,4H2,1-3H3;. The molecule has 0 fully saturated rings. The molecule has 0 aromatic heterocycles. The maximum absolute atomic E-state index is 8.40. The summed E-state index contributed by atoms with van der Waals surface area (Å²) >= 11 is 0. The molecule has 0 unspecified atom stereocenters. The second-order valence-corrected chi connectivity index (χ2v) is 2.72. The van der Waals surface area contributed by atoms with Gasteiger partial charge < -0.3 is 5.11 Å². The van der Waals surface area contributed by atoms with Crippen molar-refractivity contribution in [2.24, 2.45) is 5.41 Å². The second kappa shape index (κ2) is 3.60. The van der Waals surface area contributed by atoms with Crippen LogP contribution >= 0.6 is 0 Å². The molecule has 7 heavy (non-hydrogen) atoms. The van der Waals surface area contributed by atoms with Crippen LogP contribution in [0.15, 0.2) is 0 Å². The second-order valence-electron chi connectivity index (χ2n) is 2.72. The molecule has 1 nitrogen and oxygen atoms in total. The smallest absolute Gasteiger partial charge is 0.0479 e. The van der Waals surface area contributed by atoms with Gasteiger partial charge in [-0.3, -0.25) is 0 Å². The van der Waals surface area contributed by atoms with Crippen molar-refractivity contribution in [3.05, 3.63) is 0 Å². The van der Waals surface area contributed by atoms with Gasteiger partial charge in [-0.25, -0.2) is 0 Å². The van der Waals surface area contributed by atoms with Crippen molar-refractivity contribution in [3.8, 4) is 0 Å². The van der Waals surface area contributed by atoms with Gasteiger partial charge in [-0.15, -0.1) is 0 Å². The van der Waals surface area contributed by atoms with Crippen molar-refractivity contribution in [1.82, 2.24) is 0 Å². The quantitative estimate of drug-likeness (QED) is 0.699.